The minimum Gasteiger partial charge on any atom is -0.388 e. The molecule has 0 aliphatic heterocycles. The van der Waals surface area contributed by atoms with E-state index in [0.717, 1.165) is 9.99 Å². The Hall–Kier alpha value is 0.724. The molecule has 1 nitrogen and oxygen atoms in total. The Labute approximate surface area is 118 Å². The zero-order valence-electron chi connectivity index (χ0n) is 7.28. The number of halogens is 1. The molecule has 0 fully saturated rings. The zero-order valence-corrected chi connectivity index (χ0v) is 12.3. The van der Waals surface area contributed by atoms with Crippen molar-refractivity contribution in [2.45, 2.75) is 6.04 Å². The Bertz CT molecular complexity index is 248. The molecule has 1 aromatic rings. The van der Waals surface area contributed by atoms with Gasteiger partial charge in [-0.2, -0.15) is 17.7 Å². The second kappa shape index (κ2) is 8.07. The van der Waals surface area contributed by atoms with Crippen LogP contribution >= 0.6 is 22.6 Å². The number of hydrogen-bond donors (Lipinski definition) is 0. The van der Waals surface area contributed by atoms with Gasteiger partial charge >= 0.3 is 0 Å². The van der Waals surface area contributed by atoms with E-state index in [0.29, 0.717) is 0 Å². The zero-order chi connectivity index (χ0) is 8.81. The van der Waals surface area contributed by atoms with E-state index < -0.39 is 0 Å². The number of aliphatic imine (C=N–C) groups is 1. The Morgan fingerprint density at radius 2 is 2.00 bits per heavy atom. The summed E-state index contributed by atoms with van der Waals surface area (Å²) >= 11 is 2.26. The third-order valence-electron chi connectivity index (χ3n) is 1.33. The van der Waals surface area contributed by atoms with Crippen LogP contribution < -0.4 is 0 Å². The maximum absolute atomic E-state index is 4.14. The molecule has 0 saturated carbocycles. The standard InChI is InChI=1S/C10H10IN.Y/c1-9(7-11)12-8-10-5-3-2-4-6-10;/h2-6,9H,1,7H2;/q-2;. The molecule has 0 amide bonds. The molecule has 13 heavy (non-hydrogen) atoms. The fourth-order valence-corrected chi connectivity index (χ4v) is 0.910. The number of rotatable bonds is 3. The van der Waals surface area contributed by atoms with Crippen LogP contribution in [0, 0.1) is 6.92 Å². The molecular weight excluding hydrogens is 350 g/mol. The molecule has 1 atom stereocenters. The first-order valence-electron chi connectivity index (χ1n) is 3.73. The van der Waals surface area contributed by atoms with Crippen molar-refractivity contribution in [2.24, 2.45) is 4.99 Å². The van der Waals surface area contributed by atoms with Crippen LogP contribution in [0.1, 0.15) is 5.56 Å². The van der Waals surface area contributed by atoms with Crippen LogP contribution in [-0.4, -0.2) is 16.7 Å². The second-order valence-corrected chi connectivity index (χ2v) is 3.30. The number of hydrogen-bond acceptors (Lipinski definition) is 1. The molecule has 0 saturated heterocycles. The minimum absolute atomic E-state index is 0. The van der Waals surface area contributed by atoms with E-state index in [1.165, 1.54) is 0 Å². The van der Waals surface area contributed by atoms with Gasteiger partial charge in [0.1, 0.15) is 0 Å². The van der Waals surface area contributed by atoms with E-state index in [4.69, 9.17) is 0 Å². The van der Waals surface area contributed by atoms with Crippen molar-refractivity contribution in [2.75, 3.05) is 4.43 Å². The van der Waals surface area contributed by atoms with Crippen LogP contribution in [0.25, 0.3) is 0 Å². The molecule has 0 bridgehead atoms. The Morgan fingerprint density at radius 3 is 2.54 bits per heavy atom. The maximum Gasteiger partial charge on any atom is 0 e. The summed E-state index contributed by atoms with van der Waals surface area (Å²) in [5.74, 6) is 0. The van der Waals surface area contributed by atoms with Gasteiger partial charge in [-0.3, -0.25) is 0 Å². The van der Waals surface area contributed by atoms with Crippen LogP contribution in [0.3, 0.4) is 0 Å². The molecule has 0 aliphatic rings. The number of benzene rings is 1. The molecule has 3 heteroatoms. The third-order valence-corrected chi connectivity index (χ3v) is 2.34. The van der Waals surface area contributed by atoms with Crippen molar-refractivity contribution < 1.29 is 32.7 Å². The van der Waals surface area contributed by atoms with Gasteiger partial charge in [0.2, 0.25) is 0 Å². The molecule has 1 radical (unpaired) electrons. The van der Waals surface area contributed by atoms with Gasteiger partial charge in [-0.25, -0.2) is 0 Å². The van der Waals surface area contributed by atoms with Crippen molar-refractivity contribution in [1.82, 2.24) is 0 Å². The monoisotopic (exact) mass is 360 g/mol. The second-order valence-electron chi connectivity index (χ2n) is 2.42. The van der Waals surface area contributed by atoms with Crippen LogP contribution in [0.15, 0.2) is 35.3 Å². The minimum atomic E-state index is 0. The first kappa shape index (κ1) is 13.7. The normalized spacial score (nSPS) is 12.5. The van der Waals surface area contributed by atoms with Gasteiger partial charge in [0.05, 0.1) is 0 Å². The summed E-state index contributed by atoms with van der Waals surface area (Å²) < 4.78 is 0.928. The summed E-state index contributed by atoms with van der Waals surface area (Å²) in [6, 6.07) is 9.99. The summed E-state index contributed by atoms with van der Waals surface area (Å²) in [7, 11) is 0. The summed E-state index contributed by atoms with van der Waals surface area (Å²) in [6.07, 6.45) is 2.95. The van der Waals surface area contributed by atoms with Gasteiger partial charge in [0.25, 0.3) is 0 Å². The topological polar surface area (TPSA) is 12.4 Å². The van der Waals surface area contributed by atoms with E-state index in [2.05, 4.69) is 40.7 Å². The summed E-state index contributed by atoms with van der Waals surface area (Å²) in [4.78, 5) is 4.14. The van der Waals surface area contributed by atoms with Gasteiger partial charge in [-0.1, -0.05) is 40.9 Å². The van der Waals surface area contributed by atoms with Crippen molar-refractivity contribution >= 4 is 28.8 Å². The average Bonchev–Trinajstić information content (AvgIpc) is 2.16. The van der Waals surface area contributed by atoms with Crippen LogP contribution in [0.4, 0.5) is 0 Å². The first-order chi connectivity index (χ1) is 5.83. The molecule has 67 valence electrons. The van der Waals surface area contributed by atoms with Crippen molar-refractivity contribution in [3.63, 3.8) is 0 Å². The molecule has 0 heterocycles. The largest absolute Gasteiger partial charge is 0.388 e. The van der Waals surface area contributed by atoms with E-state index in [1.807, 2.05) is 30.3 Å². The van der Waals surface area contributed by atoms with Gasteiger partial charge in [-0.05, 0) is 4.43 Å². The van der Waals surface area contributed by atoms with E-state index in [-0.39, 0.29) is 38.8 Å². The smallest absolute Gasteiger partial charge is 0 e. The summed E-state index contributed by atoms with van der Waals surface area (Å²) in [5.41, 5.74) is 1.01. The molecule has 1 aromatic carbocycles. The van der Waals surface area contributed by atoms with Crippen LogP contribution in [0.5, 0.6) is 0 Å². The Balaban J connectivity index is 0.00000144. The van der Waals surface area contributed by atoms with Gasteiger partial charge in [0.15, 0.2) is 0 Å². The summed E-state index contributed by atoms with van der Waals surface area (Å²) in [5, 5.41) is 0. The van der Waals surface area contributed by atoms with Crippen molar-refractivity contribution in [1.29, 1.82) is 0 Å². The van der Waals surface area contributed by atoms with E-state index in [9.17, 15) is 0 Å². The average molecular weight is 360 g/mol. The Kier molecular flexibility index (Phi) is 8.52. The van der Waals surface area contributed by atoms with Crippen LogP contribution in [0.2, 0.25) is 0 Å². The predicted molar refractivity (Wildman–Crippen MR) is 61.0 cm³/mol. The fraction of sp³-hybridized carbons (Fsp3) is 0.200. The molecule has 1 unspecified atom stereocenters. The quantitative estimate of drug-likeness (QED) is 0.340. The molecule has 0 aromatic heterocycles. The first-order valence-corrected chi connectivity index (χ1v) is 5.25. The van der Waals surface area contributed by atoms with Gasteiger partial charge in [0, 0.05) is 32.7 Å². The number of nitrogens with zero attached hydrogens (tertiary/aromatic N) is 1. The SMILES string of the molecule is [CH2-]C(CI)N=[C-]c1ccccc1.[Y]. The van der Waals surface area contributed by atoms with Crippen molar-refractivity contribution in [3.8, 4) is 0 Å². The third kappa shape index (κ3) is 5.92. The van der Waals surface area contributed by atoms with Crippen molar-refractivity contribution in [3.05, 3.63) is 42.8 Å². The molecule has 1 rings (SSSR count). The van der Waals surface area contributed by atoms with Gasteiger partial charge < -0.3 is 11.9 Å². The van der Waals surface area contributed by atoms with E-state index in [1.54, 1.807) is 0 Å². The summed E-state index contributed by atoms with van der Waals surface area (Å²) in [6.45, 7) is 3.83. The molecule has 0 spiro atoms. The molecule has 0 aliphatic carbocycles. The molecule has 0 N–H and O–H groups in total. The molecular formula is C10H10INY-2. The Morgan fingerprint density at radius 1 is 1.38 bits per heavy atom. The van der Waals surface area contributed by atoms with E-state index >= 15 is 0 Å². The predicted octanol–water partition coefficient (Wildman–Crippen LogP) is 2.62. The maximum atomic E-state index is 4.14. The number of alkyl halides is 1. The van der Waals surface area contributed by atoms with Gasteiger partial charge in [-0.15, -0.1) is 12.1 Å². The fourth-order valence-electron chi connectivity index (χ4n) is 0.713. The van der Waals surface area contributed by atoms with Crippen LogP contribution in [-0.2, 0) is 32.7 Å².